The minimum Gasteiger partial charge on any atom is -0.394 e. The van der Waals surface area contributed by atoms with Gasteiger partial charge in [0.05, 0.1) is 11.4 Å². The van der Waals surface area contributed by atoms with Gasteiger partial charge in [-0.1, -0.05) is 0 Å². The van der Waals surface area contributed by atoms with Crippen LogP contribution >= 0.6 is 0 Å². The molecule has 0 atom stereocenters. The first-order valence-electron chi connectivity index (χ1n) is 3.49. The zero-order valence-electron chi connectivity index (χ0n) is 6.89. The predicted octanol–water partition coefficient (Wildman–Crippen LogP) is 0.557. The van der Waals surface area contributed by atoms with Crippen molar-refractivity contribution in [2.24, 2.45) is 7.05 Å². The van der Waals surface area contributed by atoms with Crippen LogP contribution in [0.15, 0.2) is 0 Å². The molecule has 11 heavy (non-hydrogen) atoms. The van der Waals surface area contributed by atoms with Crippen molar-refractivity contribution in [2.45, 2.75) is 6.92 Å². The number of nitrogens with one attached hydrogen (secondary N) is 1. The lowest BCUT2D eigenvalue weighted by atomic mass is 10.4. The standard InChI is InChI=1S/C7H13N4/c1-4-9-7-6(8)5(2)10-11(7)3/h9H,1,4,8H2,2-3H3. The number of aryl methyl sites for hydroxylation is 2. The van der Waals surface area contributed by atoms with Gasteiger partial charge < -0.3 is 11.1 Å². The van der Waals surface area contributed by atoms with Gasteiger partial charge in [-0.2, -0.15) is 5.10 Å². The molecular formula is C7H13N4. The quantitative estimate of drug-likeness (QED) is 0.652. The van der Waals surface area contributed by atoms with E-state index in [2.05, 4.69) is 17.3 Å². The summed E-state index contributed by atoms with van der Waals surface area (Å²) in [6.07, 6.45) is 0. The van der Waals surface area contributed by atoms with Crippen molar-refractivity contribution < 1.29 is 0 Å². The van der Waals surface area contributed by atoms with Crippen molar-refractivity contribution >= 4 is 11.5 Å². The second-order valence-electron chi connectivity index (χ2n) is 2.40. The third-order valence-electron chi connectivity index (χ3n) is 1.56. The normalized spacial score (nSPS) is 10.1. The minimum absolute atomic E-state index is 0.614. The average Bonchev–Trinajstić information content (AvgIpc) is 2.17. The molecule has 0 aliphatic heterocycles. The topological polar surface area (TPSA) is 55.9 Å². The highest BCUT2D eigenvalue weighted by Gasteiger charge is 2.07. The van der Waals surface area contributed by atoms with Crippen molar-refractivity contribution in [1.29, 1.82) is 0 Å². The Hall–Kier alpha value is -1.19. The van der Waals surface area contributed by atoms with Gasteiger partial charge in [-0.3, -0.25) is 4.68 Å². The Morgan fingerprint density at radius 1 is 1.73 bits per heavy atom. The molecule has 1 heterocycles. The minimum atomic E-state index is 0.614. The number of hydrogen-bond acceptors (Lipinski definition) is 3. The Morgan fingerprint density at radius 2 is 2.36 bits per heavy atom. The number of hydrogen-bond donors (Lipinski definition) is 2. The van der Waals surface area contributed by atoms with E-state index in [1.54, 1.807) is 4.68 Å². The number of nitrogens with zero attached hydrogens (tertiary/aromatic N) is 2. The lowest BCUT2D eigenvalue weighted by Gasteiger charge is -2.03. The molecule has 4 heteroatoms. The molecule has 0 saturated carbocycles. The fourth-order valence-corrected chi connectivity index (χ4v) is 1.00. The highest BCUT2D eigenvalue weighted by atomic mass is 15.3. The summed E-state index contributed by atoms with van der Waals surface area (Å²) in [5.74, 6) is 0.845. The van der Waals surface area contributed by atoms with Crippen LogP contribution in [0.3, 0.4) is 0 Å². The first kappa shape index (κ1) is 7.91. The van der Waals surface area contributed by atoms with Crippen molar-refractivity contribution in [3.63, 3.8) is 0 Å². The second kappa shape index (κ2) is 2.82. The Morgan fingerprint density at radius 3 is 2.73 bits per heavy atom. The van der Waals surface area contributed by atoms with E-state index in [0.717, 1.165) is 11.5 Å². The van der Waals surface area contributed by atoms with Crippen molar-refractivity contribution in [1.82, 2.24) is 9.78 Å². The van der Waals surface area contributed by atoms with Gasteiger partial charge in [0, 0.05) is 13.6 Å². The van der Waals surface area contributed by atoms with E-state index in [4.69, 9.17) is 5.73 Å². The van der Waals surface area contributed by atoms with Gasteiger partial charge in [0.15, 0.2) is 0 Å². The van der Waals surface area contributed by atoms with E-state index in [9.17, 15) is 0 Å². The molecule has 0 aliphatic carbocycles. The van der Waals surface area contributed by atoms with Crippen molar-refractivity contribution in [3.05, 3.63) is 12.6 Å². The fourth-order valence-electron chi connectivity index (χ4n) is 1.00. The maximum atomic E-state index is 5.72. The number of nitrogens with two attached hydrogens (primary N) is 1. The molecule has 0 aromatic carbocycles. The van der Waals surface area contributed by atoms with E-state index >= 15 is 0 Å². The molecule has 3 N–H and O–H groups in total. The third kappa shape index (κ3) is 1.29. The fraction of sp³-hybridized carbons (Fsp3) is 0.429. The monoisotopic (exact) mass is 153 g/mol. The summed E-state index contributed by atoms with van der Waals surface area (Å²) >= 11 is 0. The predicted molar refractivity (Wildman–Crippen MR) is 46.2 cm³/mol. The summed E-state index contributed by atoms with van der Waals surface area (Å²) in [7, 11) is 1.85. The van der Waals surface area contributed by atoms with Gasteiger partial charge in [-0.25, -0.2) is 0 Å². The van der Waals surface area contributed by atoms with Crippen LogP contribution in [0.5, 0.6) is 0 Å². The van der Waals surface area contributed by atoms with Gasteiger partial charge in [-0.15, -0.1) is 0 Å². The first-order valence-corrected chi connectivity index (χ1v) is 3.49. The van der Waals surface area contributed by atoms with E-state index in [-0.39, 0.29) is 0 Å². The van der Waals surface area contributed by atoms with Gasteiger partial charge in [0.2, 0.25) is 0 Å². The van der Waals surface area contributed by atoms with Crippen LogP contribution in [-0.2, 0) is 7.05 Å². The molecule has 0 fully saturated rings. The van der Waals surface area contributed by atoms with Gasteiger partial charge >= 0.3 is 0 Å². The maximum absolute atomic E-state index is 5.72. The van der Waals surface area contributed by atoms with Gasteiger partial charge in [-0.05, 0) is 13.8 Å². The molecule has 0 saturated heterocycles. The molecule has 0 aliphatic rings. The smallest absolute Gasteiger partial charge is 0.147 e. The van der Waals surface area contributed by atoms with E-state index in [1.807, 2.05) is 14.0 Å². The molecule has 61 valence electrons. The molecule has 1 aromatic rings. The lowest BCUT2D eigenvalue weighted by molar-refractivity contribution is 0.761. The third-order valence-corrected chi connectivity index (χ3v) is 1.56. The van der Waals surface area contributed by atoms with E-state index < -0.39 is 0 Å². The molecular weight excluding hydrogens is 140 g/mol. The van der Waals surface area contributed by atoms with E-state index in [1.165, 1.54) is 0 Å². The Bertz CT molecular complexity index is 251. The van der Waals surface area contributed by atoms with Crippen LogP contribution in [0.4, 0.5) is 11.5 Å². The lowest BCUT2D eigenvalue weighted by Crippen LogP contribution is -2.05. The molecule has 0 unspecified atom stereocenters. The Kier molecular flexibility index (Phi) is 2.03. The number of nitrogen functional groups attached to an aromatic ring is 1. The summed E-state index contributed by atoms with van der Waals surface area (Å²) in [6.45, 7) is 6.16. The Balaban J connectivity index is 3.02. The molecule has 4 nitrogen and oxygen atoms in total. The average molecular weight is 153 g/mol. The summed E-state index contributed by atoms with van der Waals surface area (Å²) < 4.78 is 1.72. The van der Waals surface area contributed by atoms with Crippen molar-refractivity contribution in [3.8, 4) is 0 Å². The second-order valence-corrected chi connectivity index (χ2v) is 2.40. The molecule has 0 spiro atoms. The zero-order valence-corrected chi connectivity index (χ0v) is 6.89. The zero-order chi connectivity index (χ0) is 8.43. The summed E-state index contributed by atoms with van der Waals surface area (Å²) in [6, 6.07) is 0. The van der Waals surface area contributed by atoms with Crippen LogP contribution in [0.25, 0.3) is 0 Å². The Labute approximate surface area is 66.4 Å². The summed E-state index contributed by atoms with van der Waals surface area (Å²) in [4.78, 5) is 0. The number of anilines is 2. The summed E-state index contributed by atoms with van der Waals surface area (Å²) in [5, 5.41) is 7.16. The van der Waals surface area contributed by atoms with Crippen LogP contribution in [-0.4, -0.2) is 16.3 Å². The molecule has 0 amide bonds. The maximum Gasteiger partial charge on any atom is 0.147 e. The molecule has 0 bridgehead atoms. The van der Waals surface area contributed by atoms with Crippen molar-refractivity contribution in [2.75, 3.05) is 17.6 Å². The highest BCUT2D eigenvalue weighted by molar-refractivity contribution is 5.64. The molecule has 1 rings (SSSR count). The SMILES string of the molecule is [CH2]CNc1c(N)c(C)nn1C. The van der Waals surface area contributed by atoms with Gasteiger partial charge in [0.1, 0.15) is 5.82 Å². The van der Waals surface area contributed by atoms with Crippen LogP contribution < -0.4 is 11.1 Å². The largest absolute Gasteiger partial charge is 0.394 e. The van der Waals surface area contributed by atoms with Crippen LogP contribution in [0.2, 0.25) is 0 Å². The highest BCUT2D eigenvalue weighted by Crippen LogP contribution is 2.19. The summed E-state index contributed by atoms with van der Waals surface area (Å²) in [5.41, 5.74) is 7.27. The first-order chi connectivity index (χ1) is 5.16. The van der Waals surface area contributed by atoms with Crippen LogP contribution in [0, 0.1) is 13.8 Å². The molecule has 1 aromatic heterocycles. The molecule has 1 radical (unpaired) electrons. The number of rotatable bonds is 2. The van der Waals surface area contributed by atoms with Crippen LogP contribution in [0.1, 0.15) is 5.69 Å². The van der Waals surface area contributed by atoms with Gasteiger partial charge in [0.25, 0.3) is 0 Å². The van der Waals surface area contributed by atoms with E-state index in [0.29, 0.717) is 12.2 Å². The number of aromatic nitrogens is 2.